The van der Waals surface area contributed by atoms with Gasteiger partial charge in [0.1, 0.15) is 0 Å². The molecule has 2 atom stereocenters. The van der Waals surface area contributed by atoms with Crippen molar-refractivity contribution < 1.29 is 14.3 Å². The molecule has 5 heteroatoms. The van der Waals surface area contributed by atoms with Gasteiger partial charge >= 0.3 is 0 Å². The van der Waals surface area contributed by atoms with Gasteiger partial charge in [-0.3, -0.25) is 4.79 Å². The van der Waals surface area contributed by atoms with Crippen LogP contribution in [0.25, 0.3) is 0 Å². The van der Waals surface area contributed by atoms with E-state index in [0.29, 0.717) is 5.91 Å². The number of ether oxygens (including phenoxy) is 2. The van der Waals surface area contributed by atoms with Crippen LogP contribution in [0.15, 0.2) is 0 Å². The van der Waals surface area contributed by atoms with E-state index in [1.807, 2.05) is 11.8 Å². The maximum absolute atomic E-state index is 12.8. The number of hydrogen-bond donors (Lipinski definition) is 0. The highest BCUT2D eigenvalue weighted by Crippen LogP contribution is 2.38. The highest BCUT2D eigenvalue weighted by atomic mass is 32.2. The number of rotatable bonds is 4. The zero-order valence-electron chi connectivity index (χ0n) is 14.0. The number of carbonyl (C=O) groups is 1. The van der Waals surface area contributed by atoms with E-state index < -0.39 is 0 Å². The van der Waals surface area contributed by atoms with Gasteiger partial charge in [0.15, 0.2) is 0 Å². The lowest BCUT2D eigenvalue weighted by atomic mass is 9.88. The lowest BCUT2D eigenvalue weighted by Gasteiger charge is -2.41. The molecule has 23 heavy (non-hydrogen) atoms. The predicted molar refractivity (Wildman–Crippen MR) is 91.6 cm³/mol. The van der Waals surface area contributed by atoms with Gasteiger partial charge in [0.05, 0.1) is 18.3 Å². The molecule has 0 aromatic carbocycles. The predicted octanol–water partition coefficient (Wildman–Crippen LogP) is 2.71. The second-order valence-corrected chi connectivity index (χ2v) is 9.07. The standard InChI is InChI=1S/C18H29NO3S/c20-17(15-4-8-23-9-5-15)19-7-1-6-18(13-19)10-16(12-22-18)21-11-14-2-3-14/h14-16H,1-13H2/t16-,18-/m0/s1. The number of thioether (sulfide) groups is 1. The third kappa shape index (κ3) is 3.88. The van der Waals surface area contributed by atoms with E-state index in [-0.39, 0.29) is 17.6 Å². The second-order valence-electron chi connectivity index (χ2n) is 7.85. The molecule has 1 amide bonds. The Morgan fingerprint density at radius 3 is 2.87 bits per heavy atom. The first-order valence-corrected chi connectivity index (χ1v) is 10.5. The first-order chi connectivity index (χ1) is 11.2. The van der Waals surface area contributed by atoms with Crippen molar-refractivity contribution in [2.75, 3.05) is 37.8 Å². The molecule has 3 heterocycles. The largest absolute Gasteiger partial charge is 0.375 e. The normalized spacial score (nSPS) is 35.8. The summed E-state index contributed by atoms with van der Waals surface area (Å²) in [6.07, 6.45) is 8.16. The van der Waals surface area contributed by atoms with Crippen molar-refractivity contribution in [1.29, 1.82) is 0 Å². The van der Waals surface area contributed by atoms with Crippen molar-refractivity contribution in [1.82, 2.24) is 4.90 Å². The topological polar surface area (TPSA) is 38.8 Å². The summed E-state index contributed by atoms with van der Waals surface area (Å²) < 4.78 is 12.2. The minimum absolute atomic E-state index is 0.119. The highest BCUT2D eigenvalue weighted by molar-refractivity contribution is 7.99. The van der Waals surface area contributed by atoms with Crippen molar-refractivity contribution in [3.05, 3.63) is 0 Å². The molecule has 3 aliphatic heterocycles. The summed E-state index contributed by atoms with van der Waals surface area (Å²) in [6.45, 7) is 3.33. The quantitative estimate of drug-likeness (QED) is 0.789. The molecule has 4 aliphatic rings. The van der Waals surface area contributed by atoms with Crippen molar-refractivity contribution in [3.63, 3.8) is 0 Å². The number of likely N-dealkylation sites (tertiary alicyclic amines) is 1. The van der Waals surface area contributed by atoms with E-state index in [2.05, 4.69) is 4.90 Å². The Morgan fingerprint density at radius 1 is 1.26 bits per heavy atom. The molecule has 0 N–H and O–H groups in total. The van der Waals surface area contributed by atoms with E-state index in [0.717, 1.165) is 75.8 Å². The summed E-state index contributed by atoms with van der Waals surface area (Å²) >= 11 is 1.98. The zero-order valence-corrected chi connectivity index (χ0v) is 14.8. The third-order valence-electron chi connectivity index (χ3n) is 5.86. The van der Waals surface area contributed by atoms with Crippen LogP contribution < -0.4 is 0 Å². The summed E-state index contributed by atoms with van der Waals surface area (Å²) in [6, 6.07) is 0. The number of amides is 1. The molecule has 0 unspecified atom stereocenters. The highest BCUT2D eigenvalue weighted by Gasteiger charge is 2.45. The van der Waals surface area contributed by atoms with E-state index in [4.69, 9.17) is 9.47 Å². The van der Waals surface area contributed by atoms with Gasteiger partial charge in [-0.2, -0.15) is 11.8 Å². The Bertz CT molecular complexity index is 436. The van der Waals surface area contributed by atoms with Crippen LogP contribution in [-0.4, -0.2) is 60.3 Å². The molecule has 0 bridgehead atoms. The van der Waals surface area contributed by atoms with E-state index in [1.165, 1.54) is 12.8 Å². The fourth-order valence-electron chi connectivity index (χ4n) is 4.24. The van der Waals surface area contributed by atoms with Gasteiger partial charge in [0, 0.05) is 32.0 Å². The van der Waals surface area contributed by atoms with Crippen molar-refractivity contribution in [3.8, 4) is 0 Å². The van der Waals surface area contributed by atoms with Gasteiger partial charge in [-0.25, -0.2) is 0 Å². The van der Waals surface area contributed by atoms with Crippen molar-refractivity contribution in [2.24, 2.45) is 11.8 Å². The number of piperidine rings is 1. The molecule has 4 nitrogen and oxygen atoms in total. The minimum atomic E-state index is -0.119. The molecule has 1 aliphatic carbocycles. The van der Waals surface area contributed by atoms with E-state index in [9.17, 15) is 4.79 Å². The third-order valence-corrected chi connectivity index (χ3v) is 6.91. The smallest absolute Gasteiger partial charge is 0.225 e. The fraction of sp³-hybridized carbons (Fsp3) is 0.944. The molecule has 4 rings (SSSR count). The maximum atomic E-state index is 12.8. The van der Waals surface area contributed by atoms with Crippen LogP contribution in [0.3, 0.4) is 0 Å². The number of carbonyl (C=O) groups excluding carboxylic acids is 1. The van der Waals surface area contributed by atoms with E-state index >= 15 is 0 Å². The molecule has 4 fully saturated rings. The van der Waals surface area contributed by atoms with Crippen LogP contribution in [0.4, 0.5) is 0 Å². The van der Waals surface area contributed by atoms with Crippen LogP contribution in [-0.2, 0) is 14.3 Å². The Labute approximate surface area is 143 Å². The summed E-state index contributed by atoms with van der Waals surface area (Å²) in [7, 11) is 0. The number of nitrogens with zero attached hydrogens (tertiary/aromatic N) is 1. The Hall–Kier alpha value is -0.260. The van der Waals surface area contributed by atoms with Crippen LogP contribution in [0, 0.1) is 11.8 Å². The molecule has 1 saturated carbocycles. The van der Waals surface area contributed by atoms with Gasteiger partial charge in [-0.15, -0.1) is 0 Å². The summed E-state index contributed by atoms with van der Waals surface area (Å²) in [4.78, 5) is 14.9. The molecule has 130 valence electrons. The van der Waals surface area contributed by atoms with Gasteiger partial charge in [-0.05, 0) is 55.9 Å². The summed E-state index contributed by atoms with van der Waals surface area (Å²) in [5.41, 5.74) is -0.119. The monoisotopic (exact) mass is 339 g/mol. The first-order valence-electron chi connectivity index (χ1n) is 9.36. The van der Waals surface area contributed by atoms with Crippen LogP contribution in [0.1, 0.15) is 44.9 Å². The van der Waals surface area contributed by atoms with Crippen LogP contribution in [0.2, 0.25) is 0 Å². The second kappa shape index (κ2) is 6.93. The van der Waals surface area contributed by atoms with Crippen LogP contribution in [0.5, 0.6) is 0 Å². The van der Waals surface area contributed by atoms with Crippen molar-refractivity contribution in [2.45, 2.75) is 56.7 Å². The maximum Gasteiger partial charge on any atom is 0.225 e. The SMILES string of the molecule is O=C(C1CCSCC1)N1CCC[C@]2(C[C@H](OCC3CC3)CO2)C1. The molecule has 3 saturated heterocycles. The summed E-state index contributed by atoms with van der Waals surface area (Å²) in [5, 5.41) is 0. The molecular formula is C18H29NO3S. The lowest BCUT2D eigenvalue weighted by molar-refractivity contribution is -0.143. The minimum Gasteiger partial charge on any atom is -0.375 e. The number of hydrogen-bond acceptors (Lipinski definition) is 4. The van der Waals surface area contributed by atoms with Crippen molar-refractivity contribution >= 4 is 17.7 Å². The average molecular weight is 340 g/mol. The fourth-order valence-corrected chi connectivity index (χ4v) is 5.35. The van der Waals surface area contributed by atoms with Crippen LogP contribution >= 0.6 is 11.8 Å². The molecule has 0 radical (unpaired) electrons. The van der Waals surface area contributed by atoms with E-state index in [1.54, 1.807) is 0 Å². The van der Waals surface area contributed by atoms with Gasteiger partial charge in [0.2, 0.25) is 5.91 Å². The Kier molecular flexibility index (Phi) is 4.89. The average Bonchev–Trinajstić information content (AvgIpc) is 3.35. The Balaban J connectivity index is 1.32. The molecular weight excluding hydrogens is 310 g/mol. The van der Waals surface area contributed by atoms with Gasteiger partial charge in [0.25, 0.3) is 0 Å². The lowest BCUT2D eigenvalue weighted by Crippen LogP contribution is -2.52. The molecule has 1 spiro atoms. The zero-order chi connectivity index (χ0) is 15.7. The first kappa shape index (κ1) is 16.2. The Morgan fingerprint density at radius 2 is 2.09 bits per heavy atom. The van der Waals surface area contributed by atoms with Gasteiger partial charge in [-0.1, -0.05) is 0 Å². The summed E-state index contributed by atoms with van der Waals surface area (Å²) in [5.74, 6) is 3.73. The molecule has 0 aromatic rings. The molecule has 0 aromatic heterocycles. The van der Waals surface area contributed by atoms with Gasteiger partial charge < -0.3 is 14.4 Å².